The molecule has 3 N–H and O–H groups in total. The lowest BCUT2D eigenvalue weighted by Gasteiger charge is -2.13. The van der Waals surface area contributed by atoms with Crippen molar-refractivity contribution in [3.05, 3.63) is 70.7 Å². The maximum Gasteiger partial charge on any atom is 0.251 e. The molecule has 0 saturated carbocycles. The summed E-state index contributed by atoms with van der Waals surface area (Å²) in [5.74, 6) is -0.0870. The van der Waals surface area contributed by atoms with Crippen molar-refractivity contribution in [1.29, 1.82) is 0 Å². The number of carbonyl (C=O) groups is 1. The number of aryl methyl sites for hydroxylation is 1. The van der Waals surface area contributed by atoms with Gasteiger partial charge in [0.1, 0.15) is 0 Å². The molecule has 1 heterocycles. The van der Waals surface area contributed by atoms with Crippen molar-refractivity contribution in [1.82, 2.24) is 10.6 Å². The van der Waals surface area contributed by atoms with Crippen molar-refractivity contribution in [2.24, 2.45) is 0 Å². The minimum Gasteiger partial charge on any atom is -0.395 e. The Labute approximate surface area is 169 Å². The normalized spacial score (nSPS) is 19.1. The van der Waals surface area contributed by atoms with Crippen LogP contribution in [-0.4, -0.2) is 36.2 Å². The van der Waals surface area contributed by atoms with Gasteiger partial charge in [0.05, 0.1) is 6.61 Å². The first-order valence-corrected chi connectivity index (χ1v) is 9.87. The van der Waals surface area contributed by atoms with E-state index in [4.69, 9.17) is 11.6 Å². The quantitative estimate of drug-likeness (QED) is 0.628. The number of hydrogen-bond donors (Lipinski definition) is 3. The Hall–Kier alpha value is -2.40. The number of aliphatic hydroxyl groups is 1. The summed E-state index contributed by atoms with van der Waals surface area (Å²) in [7, 11) is 0. The van der Waals surface area contributed by atoms with Gasteiger partial charge in [-0.05, 0) is 59.0 Å². The minimum absolute atomic E-state index is 0.0429. The van der Waals surface area contributed by atoms with Gasteiger partial charge in [0, 0.05) is 29.2 Å². The Morgan fingerprint density at radius 1 is 1.21 bits per heavy atom. The summed E-state index contributed by atoms with van der Waals surface area (Å²) in [5.41, 5.74) is 3.84. The molecule has 0 aliphatic carbocycles. The van der Waals surface area contributed by atoms with Crippen molar-refractivity contribution in [3.63, 3.8) is 0 Å². The van der Waals surface area contributed by atoms with Crippen molar-refractivity contribution in [3.8, 4) is 11.1 Å². The Morgan fingerprint density at radius 2 is 2.07 bits per heavy atom. The summed E-state index contributed by atoms with van der Waals surface area (Å²) in [6.07, 6.45) is 0.744. The van der Waals surface area contributed by atoms with Crippen LogP contribution in [0, 0.1) is 6.92 Å². The second-order valence-electron chi connectivity index (χ2n) is 7.40. The highest BCUT2D eigenvalue weighted by Gasteiger charge is 2.25. The van der Waals surface area contributed by atoms with E-state index in [0.29, 0.717) is 12.1 Å². The van der Waals surface area contributed by atoms with Crippen LogP contribution in [0.2, 0.25) is 5.02 Å². The number of benzene rings is 3. The number of rotatable bonds is 4. The molecule has 1 fully saturated rings. The van der Waals surface area contributed by atoms with E-state index in [0.717, 1.165) is 38.9 Å². The predicted octanol–water partition coefficient (Wildman–Crippen LogP) is 3.92. The molecule has 0 aromatic heterocycles. The summed E-state index contributed by atoms with van der Waals surface area (Å²) < 4.78 is 0. The van der Waals surface area contributed by atoms with E-state index in [2.05, 4.69) is 22.8 Å². The number of amides is 1. The second-order valence-corrected chi connectivity index (χ2v) is 7.81. The van der Waals surface area contributed by atoms with Crippen LogP contribution in [0.3, 0.4) is 0 Å². The molecule has 1 saturated heterocycles. The molecule has 0 radical (unpaired) electrons. The first kappa shape index (κ1) is 18.9. The lowest BCUT2D eigenvalue weighted by molar-refractivity contribution is 0.0939. The van der Waals surface area contributed by atoms with Crippen LogP contribution in [0.1, 0.15) is 22.3 Å². The summed E-state index contributed by atoms with van der Waals surface area (Å²) in [4.78, 5) is 12.7. The van der Waals surface area contributed by atoms with Crippen LogP contribution in [0.15, 0.2) is 54.6 Å². The summed E-state index contributed by atoms with van der Waals surface area (Å²) in [6.45, 7) is 2.76. The molecule has 1 aliphatic heterocycles. The number of fused-ring (bicyclic) bond motifs is 1. The van der Waals surface area contributed by atoms with Crippen LogP contribution in [0.4, 0.5) is 0 Å². The number of carbonyl (C=O) groups excluding carboxylic acids is 1. The van der Waals surface area contributed by atoms with E-state index in [1.165, 1.54) is 0 Å². The molecule has 1 amide bonds. The van der Waals surface area contributed by atoms with E-state index in [1.807, 2.05) is 49.4 Å². The number of aliphatic hydroxyl groups excluding tert-OH is 1. The topological polar surface area (TPSA) is 61.4 Å². The largest absolute Gasteiger partial charge is 0.395 e. The fraction of sp³-hybridized carbons (Fsp3) is 0.261. The van der Waals surface area contributed by atoms with Gasteiger partial charge in [0.15, 0.2) is 0 Å². The molecule has 4 rings (SSSR count). The van der Waals surface area contributed by atoms with Gasteiger partial charge in [-0.1, -0.05) is 48.0 Å². The Kier molecular flexibility index (Phi) is 5.36. The third-order valence-corrected chi connectivity index (χ3v) is 5.81. The third-order valence-electron chi connectivity index (χ3n) is 5.40. The molecule has 1 aliphatic rings. The maximum atomic E-state index is 12.7. The summed E-state index contributed by atoms with van der Waals surface area (Å²) in [5, 5.41) is 18.3. The molecule has 3 aromatic rings. The molecule has 0 bridgehead atoms. The smallest absolute Gasteiger partial charge is 0.251 e. The highest BCUT2D eigenvalue weighted by Crippen LogP contribution is 2.31. The lowest BCUT2D eigenvalue weighted by atomic mass is 9.96. The molecule has 28 heavy (non-hydrogen) atoms. The van der Waals surface area contributed by atoms with E-state index < -0.39 is 0 Å². The zero-order valence-electron chi connectivity index (χ0n) is 15.7. The monoisotopic (exact) mass is 394 g/mol. The fourth-order valence-corrected chi connectivity index (χ4v) is 3.95. The predicted molar refractivity (Wildman–Crippen MR) is 114 cm³/mol. The standard InChI is InChI=1S/C23H23ClN2O2/c1-14-5-6-16(10-22(14)24)20-4-2-3-15-9-17(7-8-21(15)20)23(28)26-18-11-19(13-27)25-12-18/h2-10,18-19,25,27H,11-13H2,1H3,(H,26,28)/t18-,19+/m0/s1. The Morgan fingerprint density at radius 3 is 2.82 bits per heavy atom. The average molecular weight is 395 g/mol. The van der Waals surface area contributed by atoms with Crippen LogP contribution in [0.5, 0.6) is 0 Å². The molecule has 3 aromatic carbocycles. The molecule has 5 heteroatoms. The van der Waals surface area contributed by atoms with E-state index >= 15 is 0 Å². The highest BCUT2D eigenvalue weighted by molar-refractivity contribution is 6.31. The zero-order valence-corrected chi connectivity index (χ0v) is 16.5. The SMILES string of the molecule is Cc1ccc(-c2cccc3cc(C(=O)N[C@@H]4CN[C@@H](CO)C4)ccc23)cc1Cl. The van der Waals surface area contributed by atoms with E-state index in [1.54, 1.807) is 0 Å². The summed E-state index contributed by atoms with van der Waals surface area (Å²) in [6, 6.07) is 18.1. The van der Waals surface area contributed by atoms with Crippen molar-refractivity contribution >= 4 is 28.3 Å². The van der Waals surface area contributed by atoms with Crippen LogP contribution in [-0.2, 0) is 0 Å². The molecule has 0 unspecified atom stereocenters. The molecule has 4 nitrogen and oxygen atoms in total. The van der Waals surface area contributed by atoms with Crippen LogP contribution in [0.25, 0.3) is 21.9 Å². The van der Waals surface area contributed by atoms with Gasteiger partial charge in [0.2, 0.25) is 0 Å². The Balaban J connectivity index is 1.61. The van der Waals surface area contributed by atoms with Gasteiger partial charge in [-0.15, -0.1) is 0 Å². The van der Waals surface area contributed by atoms with Gasteiger partial charge < -0.3 is 15.7 Å². The van der Waals surface area contributed by atoms with E-state index in [-0.39, 0.29) is 24.6 Å². The van der Waals surface area contributed by atoms with Crippen molar-refractivity contribution in [2.75, 3.05) is 13.2 Å². The number of halogens is 1. The fourth-order valence-electron chi connectivity index (χ4n) is 3.77. The molecular weight excluding hydrogens is 372 g/mol. The number of nitrogens with one attached hydrogen (secondary N) is 2. The highest BCUT2D eigenvalue weighted by atomic mass is 35.5. The van der Waals surface area contributed by atoms with Crippen molar-refractivity contribution in [2.45, 2.75) is 25.4 Å². The van der Waals surface area contributed by atoms with Crippen LogP contribution >= 0.6 is 11.6 Å². The molecule has 144 valence electrons. The summed E-state index contributed by atoms with van der Waals surface area (Å²) >= 11 is 6.31. The van der Waals surface area contributed by atoms with Crippen LogP contribution < -0.4 is 10.6 Å². The Bertz CT molecular complexity index is 1030. The molecule has 2 atom stereocenters. The van der Waals surface area contributed by atoms with Gasteiger partial charge in [0.25, 0.3) is 5.91 Å². The van der Waals surface area contributed by atoms with Crippen molar-refractivity contribution < 1.29 is 9.90 Å². The van der Waals surface area contributed by atoms with Gasteiger partial charge >= 0.3 is 0 Å². The third kappa shape index (κ3) is 3.76. The first-order valence-electron chi connectivity index (χ1n) is 9.49. The van der Waals surface area contributed by atoms with Gasteiger partial charge in [-0.25, -0.2) is 0 Å². The maximum absolute atomic E-state index is 12.7. The second kappa shape index (κ2) is 7.92. The van der Waals surface area contributed by atoms with E-state index in [9.17, 15) is 9.90 Å². The molecular formula is C23H23ClN2O2. The minimum atomic E-state index is -0.0870. The zero-order chi connectivity index (χ0) is 19.7. The van der Waals surface area contributed by atoms with Gasteiger partial charge in [-0.3, -0.25) is 4.79 Å². The average Bonchev–Trinajstić information content (AvgIpc) is 3.16. The molecule has 0 spiro atoms. The first-order chi connectivity index (χ1) is 13.5. The van der Waals surface area contributed by atoms with Gasteiger partial charge in [-0.2, -0.15) is 0 Å². The lowest BCUT2D eigenvalue weighted by Crippen LogP contribution is -2.36. The number of hydrogen-bond acceptors (Lipinski definition) is 3.